The van der Waals surface area contributed by atoms with E-state index in [1.165, 1.54) is 18.4 Å². The number of hydrogen-bond acceptors (Lipinski definition) is 3. The Morgan fingerprint density at radius 1 is 1.22 bits per heavy atom. The molecule has 1 heterocycles. The van der Waals surface area contributed by atoms with Crippen LogP contribution in [0.2, 0.25) is 0 Å². The Labute approximate surface area is 139 Å². The van der Waals surface area contributed by atoms with Crippen molar-refractivity contribution in [2.24, 2.45) is 0 Å². The highest BCUT2D eigenvalue weighted by Gasteiger charge is 2.41. The molecule has 3 atom stereocenters. The van der Waals surface area contributed by atoms with Gasteiger partial charge in [-0.3, -0.25) is 9.69 Å². The molecular weight excluding hydrogens is 288 g/mol. The number of aliphatic hydroxyl groups is 1. The van der Waals surface area contributed by atoms with Crippen LogP contribution >= 0.6 is 0 Å². The zero-order valence-electron chi connectivity index (χ0n) is 14.0. The van der Waals surface area contributed by atoms with Crippen LogP contribution < -0.4 is 0 Å². The number of rotatable bonds is 5. The average Bonchev–Trinajstić information content (AvgIpc) is 3.22. The largest absolute Gasteiger partial charge is 0.389 e. The Morgan fingerprint density at radius 2 is 1.91 bits per heavy atom. The minimum atomic E-state index is -0.404. The number of likely N-dealkylation sites (N-methyl/N-ethyl adjacent to an activating group) is 1. The Morgan fingerprint density at radius 3 is 2.61 bits per heavy atom. The molecule has 0 spiro atoms. The molecule has 0 aromatic heterocycles. The first-order chi connectivity index (χ1) is 11.2. The van der Waals surface area contributed by atoms with Crippen molar-refractivity contribution in [2.45, 2.75) is 56.7 Å². The molecule has 0 unspecified atom stereocenters. The van der Waals surface area contributed by atoms with Crippen molar-refractivity contribution >= 4 is 5.91 Å². The van der Waals surface area contributed by atoms with Crippen LogP contribution in [-0.2, 0) is 11.2 Å². The fraction of sp³-hybridized carbons (Fsp3) is 0.632. The van der Waals surface area contributed by atoms with Crippen molar-refractivity contribution in [1.29, 1.82) is 0 Å². The lowest BCUT2D eigenvalue weighted by atomic mass is 10.1. The van der Waals surface area contributed by atoms with Gasteiger partial charge in [-0.25, -0.2) is 0 Å². The summed E-state index contributed by atoms with van der Waals surface area (Å²) in [7, 11) is 1.85. The van der Waals surface area contributed by atoms with E-state index in [0.29, 0.717) is 6.42 Å². The Kier molecular flexibility index (Phi) is 5.34. The van der Waals surface area contributed by atoms with Crippen LogP contribution in [0.15, 0.2) is 30.3 Å². The van der Waals surface area contributed by atoms with Crippen molar-refractivity contribution in [3.8, 4) is 0 Å². The number of likely N-dealkylation sites (tertiary alicyclic amines) is 1. The number of aryl methyl sites for hydroxylation is 1. The van der Waals surface area contributed by atoms with E-state index in [1.54, 1.807) is 4.90 Å². The maximum Gasteiger partial charge on any atom is 0.222 e. The zero-order valence-corrected chi connectivity index (χ0v) is 14.0. The van der Waals surface area contributed by atoms with E-state index in [1.807, 2.05) is 25.2 Å². The highest BCUT2D eigenvalue weighted by molar-refractivity contribution is 5.76. The molecule has 3 rings (SSSR count). The standard InChI is InChI=1S/C19H28N2O2/c1-20(18(22)12-9-15-7-3-2-4-8-15)16-10-11-17(19(16)23)21-13-5-6-14-21/h2-4,7-8,16-17,19,23H,5-6,9-14H2,1H3/t16-,17-,19-/m1/s1. The smallest absolute Gasteiger partial charge is 0.222 e. The van der Waals surface area contributed by atoms with E-state index in [2.05, 4.69) is 17.0 Å². The molecule has 2 fully saturated rings. The van der Waals surface area contributed by atoms with E-state index in [4.69, 9.17) is 0 Å². The van der Waals surface area contributed by atoms with Gasteiger partial charge in [0.05, 0.1) is 12.1 Å². The normalized spacial score (nSPS) is 28.2. The fourth-order valence-corrected chi connectivity index (χ4v) is 4.09. The first-order valence-electron chi connectivity index (χ1n) is 8.88. The predicted molar refractivity (Wildman–Crippen MR) is 91.2 cm³/mol. The molecule has 1 saturated heterocycles. The number of carbonyl (C=O) groups is 1. The van der Waals surface area contributed by atoms with E-state index >= 15 is 0 Å². The van der Waals surface area contributed by atoms with Crippen molar-refractivity contribution in [3.63, 3.8) is 0 Å². The molecule has 1 aromatic carbocycles. The van der Waals surface area contributed by atoms with Gasteiger partial charge in [0.25, 0.3) is 0 Å². The molecule has 1 amide bonds. The third-order valence-electron chi connectivity index (χ3n) is 5.52. The predicted octanol–water partition coefficient (Wildman–Crippen LogP) is 2.07. The second-order valence-electron chi connectivity index (χ2n) is 6.94. The summed E-state index contributed by atoms with van der Waals surface area (Å²) >= 11 is 0. The Balaban J connectivity index is 1.53. The summed E-state index contributed by atoms with van der Waals surface area (Å²) in [4.78, 5) is 16.7. The van der Waals surface area contributed by atoms with E-state index in [0.717, 1.165) is 32.4 Å². The van der Waals surface area contributed by atoms with Gasteiger partial charge in [-0.1, -0.05) is 30.3 Å². The molecule has 23 heavy (non-hydrogen) atoms. The summed E-state index contributed by atoms with van der Waals surface area (Å²) in [5.74, 6) is 0.139. The molecule has 4 heteroatoms. The van der Waals surface area contributed by atoms with Crippen LogP contribution in [0.4, 0.5) is 0 Å². The highest BCUT2D eigenvalue weighted by Crippen LogP contribution is 2.30. The molecule has 4 nitrogen and oxygen atoms in total. The van der Waals surface area contributed by atoms with Gasteiger partial charge < -0.3 is 10.0 Å². The summed E-state index contributed by atoms with van der Waals surface area (Å²) in [6.07, 6.45) is 5.26. The molecule has 0 bridgehead atoms. The Bertz CT molecular complexity index is 513. The number of benzene rings is 1. The van der Waals surface area contributed by atoms with Crippen LogP contribution in [0.5, 0.6) is 0 Å². The lowest BCUT2D eigenvalue weighted by Crippen LogP contribution is -2.48. The van der Waals surface area contributed by atoms with E-state index in [-0.39, 0.29) is 18.0 Å². The monoisotopic (exact) mass is 316 g/mol. The fourth-order valence-electron chi connectivity index (χ4n) is 4.09. The van der Waals surface area contributed by atoms with Crippen LogP contribution in [0.25, 0.3) is 0 Å². The Hall–Kier alpha value is -1.39. The third-order valence-corrected chi connectivity index (χ3v) is 5.52. The van der Waals surface area contributed by atoms with Gasteiger partial charge in [-0.2, -0.15) is 0 Å². The number of aliphatic hydroxyl groups excluding tert-OH is 1. The summed E-state index contributed by atoms with van der Waals surface area (Å²) in [5.41, 5.74) is 1.19. The lowest BCUT2D eigenvalue weighted by Gasteiger charge is -2.32. The quantitative estimate of drug-likeness (QED) is 0.904. The van der Waals surface area contributed by atoms with E-state index in [9.17, 15) is 9.90 Å². The van der Waals surface area contributed by atoms with Gasteiger partial charge in [-0.05, 0) is 50.8 Å². The summed E-state index contributed by atoms with van der Waals surface area (Å²) in [5, 5.41) is 10.7. The lowest BCUT2D eigenvalue weighted by molar-refractivity contribution is -0.134. The first-order valence-corrected chi connectivity index (χ1v) is 8.88. The van der Waals surface area contributed by atoms with Crippen molar-refractivity contribution in [2.75, 3.05) is 20.1 Å². The summed E-state index contributed by atoms with van der Waals surface area (Å²) < 4.78 is 0. The maximum atomic E-state index is 12.5. The van der Waals surface area contributed by atoms with Crippen molar-refractivity contribution in [3.05, 3.63) is 35.9 Å². The summed E-state index contributed by atoms with van der Waals surface area (Å²) in [6, 6.07) is 10.3. The SMILES string of the molecule is CN(C(=O)CCc1ccccc1)[C@@H]1CC[C@@H](N2CCCC2)[C@@H]1O. The minimum absolute atomic E-state index is 0.0242. The second kappa shape index (κ2) is 7.45. The van der Waals surface area contributed by atoms with Crippen LogP contribution in [0.3, 0.4) is 0 Å². The molecule has 1 saturated carbocycles. The molecular formula is C19H28N2O2. The van der Waals surface area contributed by atoms with Gasteiger partial charge >= 0.3 is 0 Å². The summed E-state index contributed by atoms with van der Waals surface area (Å²) in [6.45, 7) is 2.19. The van der Waals surface area contributed by atoms with Gasteiger partial charge in [0, 0.05) is 19.5 Å². The number of nitrogens with zero attached hydrogens (tertiary/aromatic N) is 2. The molecule has 1 aliphatic heterocycles. The molecule has 1 aliphatic carbocycles. The van der Waals surface area contributed by atoms with Gasteiger partial charge in [-0.15, -0.1) is 0 Å². The average molecular weight is 316 g/mol. The van der Waals surface area contributed by atoms with E-state index < -0.39 is 6.10 Å². The molecule has 1 aromatic rings. The number of amides is 1. The highest BCUT2D eigenvalue weighted by atomic mass is 16.3. The second-order valence-corrected chi connectivity index (χ2v) is 6.94. The molecule has 1 N–H and O–H groups in total. The molecule has 0 radical (unpaired) electrons. The van der Waals surface area contributed by atoms with Gasteiger partial charge in [0.15, 0.2) is 0 Å². The maximum absolute atomic E-state index is 12.5. The van der Waals surface area contributed by atoms with Crippen LogP contribution in [-0.4, -0.2) is 59.1 Å². The van der Waals surface area contributed by atoms with Crippen molar-refractivity contribution < 1.29 is 9.90 Å². The van der Waals surface area contributed by atoms with Gasteiger partial charge in [0.1, 0.15) is 0 Å². The number of hydrogen-bond donors (Lipinski definition) is 1. The zero-order chi connectivity index (χ0) is 16.2. The van der Waals surface area contributed by atoms with Crippen molar-refractivity contribution in [1.82, 2.24) is 9.80 Å². The molecule has 126 valence electrons. The minimum Gasteiger partial charge on any atom is -0.389 e. The third kappa shape index (κ3) is 3.75. The molecule has 2 aliphatic rings. The van der Waals surface area contributed by atoms with Crippen LogP contribution in [0.1, 0.15) is 37.7 Å². The first kappa shape index (κ1) is 16.5. The number of carbonyl (C=O) groups excluding carboxylic acids is 1. The topological polar surface area (TPSA) is 43.8 Å². The van der Waals surface area contributed by atoms with Crippen LogP contribution in [0, 0.1) is 0 Å². The van der Waals surface area contributed by atoms with Gasteiger partial charge in [0.2, 0.25) is 5.91 Å².